The molecule has 0 N–H and O–H groups in total. The van der Waals surface area contributed by atoms with Crippen LogP contribution in [0.1, 0.15) is 41.4 Å². The number of hydrogen-bond acceptors (Lipinski definition) is 6. The van der Waals surface area contributed by atoms with Crippen LogP contribution in [0.5, 0.6) is 5.75 Å². The lowest BCUT2D eigenvalue weighted by Gasteiger charge is -2.08. The Bertz CT molecular complexity index is 1440. The maximum Gasteiger partial charge on any atom is 0.218 e. The zero-order valence-electron chi connectivity index (χ0n) is 20.3. The third-order valence-corrected chi connectivity index (χ3v) is 6.36. The number of sulfone groups is 1. The number of oxazole rings is 1. The van der Waals surface area contributed by atoms with Gasteiger partial charge in [-0.3, -0.25) is 0 Å². The van der Waals surface area contributed by atoms with Gasteiger partial charge in [0.15, 0.2) is 9.84 Å². The predicted molar refractivity (Wildman–Crippen MR) is 136 cm³/mol. The monoisotopic (exact) mass is 527 g/mol. The molecule has 4 rings (SSSR count). The number of imidazole rings is 1. The van der Waals surface area contributed by atoms with E-state index in [0.29, 0.717) is 17.3 Å². The van der Waals surface area contributed by atoms with Crippen molar-refractivity contribution in [1.82, 2.24) is 14.5 Å². The highest BCUT2D eigenvalue weighted by atomic mass is 32.2. The average molecular weight is 528 g/mol. The Morgan fingerprint density at radius 2 is 1.81 bits per heavy atom. The highest BCUT2D eigenvalue weighted by Gasteiger charge is 2.10. The van der Waals surface area contributed by atoms with Gasteiger partial charge in [0.25, 0.3) is 0 Å². The second-order valence-corrected chi connectivity index (χ2v) is 10.8. The molecule has 7 nitrogen and oxygen atoms in total. The van der Waals surface area contributed by atoms with Crippen molar-refractivity contribution in [3.63, 3.8) is 0 Å². The van der Waals surface area contributed by atoms with E-state index in [1.54, 1.807) is 6.20 Å². The van der Waals surface area contributed by atoms with Crippen LogP contribution in [-0.4, -0.2) is 29.2 Å². The molecule has 0 aliphatic rings. The van der Waals surface area contributed by atoms with E-state index in [-0.39, 0.29) is 23.8 Å². The maximum atomic E-state index is 13.7. The maximum absolute atomic E-state index is 13.7. The predicted octanol–water partition coefficient (Wildman–Crippen LogP) is 5.47. The summed E-state index contributed by atoms with van der Waals surface area (Å²) < 4.78 is 63.5. The van der Waals surface area contributed by atoms with Gasteiger partial charge in [-0.25, -0.2) is 27.2 Å². The van der Waals surface area contributed by atoms with Gasteiger partial charge in [0.1, 0.15) is 47.5 Å². The molecule has 0 saturated heterocycles. The lowest BCUT2D eigenvalue weighted by Crippen LogP contribution is -2.09. The minimum absolute atomic E-state index is 0.0541. The van der Waals surface area contributed by atoms with E-state index in [9.17, 15) is 17.2 Å². The van der Waals surface area contributed by atoms with Crippen LogP contribution in [0.3, 0.4) is 0 Å². The number of benzene rings is 2. The van der Waals surface area contributed by atoms with Crippen molar-refractivity contribution in [3.05, 3.63) is 101 Å². The molecule has 194 valence electrons. The van der Waals surface area contributed by atoms with Crippen LogP contribution in [0.4, 0.5) is 8.78 Å². The van der Waals surface area contributed by atoms with E-state index >= 15 is 0 Å². The lowest BCUT2D eigenvalue weighted by atomic mass is 10.1. The molecule has 0 fully saturated rings. The summed E-state index contributed by atoms with van der Waals surface area (Å²) in [6, 6.07) is 11.4. The van der Waals surface area contributed by atoms with Gasteiger partial charge < -0.3 is 13.7 Å². The summed E-state index contributed by atoms with van der Waals surface area (Å²) in [6.07, 6.45) is 11.5. The quantitative estimate of drug-likeness (QED) is 0.227. The summed E-state index contributed by atoms with van der Waals surface area (Å²) in [4.78, 5) is 8.40. The van der Waals surface area contributed by atoms with Gasteiger partial charge >= 0.3 is 0 Å². The number of rotatable bonds is 12. The first-order valence-electron chi connectivity index (χ1n) is 11.7. The molecule has 2 aromatic heterocycles. The van der Waals surface area contributed by atoms with E-state index in [4.69, 9.17) is 9.15 Å². The van der Waals surface area contributed by atoms with Gasteiger partial charge in [0, 0.05) is 36.8 Å². The Balaban J connectivity index is 1.21. The van der Waals surface area contributed by atoms with Gasteiger partial charge in [-0.05, 0) is 55.2 Å². The zero-order chi connectivity index (χ0) is 26.3. The van der Waals surface area contributed by atoms with Gasteiger partial charge in [-0.1, -0.05) is 18.2 Å². The van der Waals surface area contributed by atoms with E-state index < -0.39 is 21.5 Å². The first-order chi connectivity index (χ1) is 17.8. The van der Waals surface area contributed by atoms with Gasteiger partial charge in [0.2, 0.25) is 5.89 Å². The molecule has 4 aromatic rings. The number of unbranched alkanes of at least 4 members (excludes halogenated alkanes) is 1. The Hall–Kier alpha value is -3.79. The second-order valence-electron chi connectivity index (χ2n) is 8.64. The SMILES string of the molecule is CS(=O)(=O)Cc1nccn1CCCCc1ccc(OCc2coc(/C=C/c3c(F)cccc3F)n2)cc1. The average Bonchev–Trinajstić information content (AvgIpc) is 3.49. The third kappa shape index (κ3) is 7.85. The molecule has 37 heavy (non-hydrogen) atoms. The molecule has 0 aliphatic heterocycles. The Morgan fingerprint density at radius 3 is 2.54 bits per heavy atom. The highest BCUT2D eigenvalue weighted by molar-refractivity contribution is 7.89. The molecule has 0 aliphatic carbocycles. The normalized spacial score (nSPS) is 11.9. The van der Waals surface area contributed by atoms with Gasteiger partial charge in [-0.2, -0.15) is 0 Å². The molecular weight excluding hydrogens is 500 g/mol. The van der Waals surface area contributed by atoms with E-state index in [2.05, 4.69) is 9.97 Å². The van der Waals surface area contributed by atoms with Gasteiger partial charge in [0.05, 0.1) is 0 Å². The molecule has 10 heteroatoms. The minimum atomic E-state index is -3.12. The number of aryl methyl sites for hydroxylation is 2. The standard InChI is InChI=1S/C27H27F2N3O4S/c1-37(33,34)19-26-30-14-16-32(26)15-3-2-5-20-8-10-22(11-9-20)35-17-21-18-36-27(31-21)13-12-23-24(28)6-4-7-25(23)29/h4,6-14,16,18H,2-3,5,15,17,19H2,1H3/b13-12+. The van der Waals surface area contributed by atoms with Crippen molar-refractivity contribution < 1.29 is 26.4 Å². The number of halogens is 2. The first kappa shape index (κ1) is 26.3. The molecule has 2 heterocycles. The van der Waals surface area contributed by atoms with Crippen LogP contribution in [0, 0.1) is 11.6 Å². The zero-order valence-corrected chi connectivity index (χ0v) is 21.1. The first-order valence-corrected chi connectivity index (χ1v) is 13.8. The van der Waals surface area contributed by atoms with Crippen molar-refractivity contribution in [2.24, 2.45) is 0 Å². The minimum Gasteiger partial charge on any atom is -0.487 e. The van der Waals surface area contributed by atoms with Crippen LogP contribution in [0.2, 0.25) is 0 Å². The van der Waals surface area contributed by atoms with E-state index in [0.717, 1.165) is 25.8 Å². The van der Waals surface area contributed by atoms with Crippen molar-refractivity contribution in [2.45, 2.75) is 38.2 Å². The summed E-state index contributed by atoms with van der Waals surface area (Å²) in [5.41, 5.74) is 1.56. The Labute approximate surface area is 214 Å². The summed E-state index contributed by atoms with van der Waals surface area (Å²) in [5.74, 6) is 0.0927. The van der Waals surface area contributed by atoms with Crippen LogP contribution in [0.15, 0.2) is 65.5 Å². The largest absolute Gasteiger partial charge is 0.487 e. The smallest absolute Gasteiger partial charge is 0.218 e. The van der Waals surface area contributed by atoms with Crippen LogP contribution in [0.25, 0.3) is 12.2 Å². The number of hydrogen-bond donors (Lipinski definition) is 0. The van der Waals surface area contributed by atoms with Crippen molar-refractivity contribution >= 4 is 22.0 Å². The van der Waals surface area contributed by atoms with Gasteiger partial charge in [-0.15, -0.1) is 0 Å². The van der Waals surface area contributed by atoms with Crippen molar-refractivity contribution in [3.8, 4) is 5.75 Å². The van der Waals surface area contributed by atoms with Crippen molar-refractivity contribution in [2.75, 3.05) is 6.26 Å². The Kier molecular flexibility index (Phi) is 8.50. The number of aromatic nitrogens is 3. The lowest BCUT2D eigenvalue weighted by molar-refractivity contribution is 0.301. The fraction of sp³-hybridized carbons (Fsp3) is 0.259. The molecule has 0 spiro atoms. The summed E-state index contributed by atoms with van der Waals surface area (Å²) in [5, 5.41) is 0. The number of ether oxygens (including phenoxy) is 1. The fourth-order valence-corrected chi connectivity index (χ4v) is 4.44. The molecular formula is C27H27F2N3O4S. The Morgan fingerprint density at radius 1 is 1.05 bits per heavy atom. The van der Waals surface area contributed by atoms with Crippen LogP contribution in [-0.2, 0) is 35.2 Å². The molecule has 0 amide bonds. The van der Waals surface area contributed by atoms with Crippen LogP contribution < -0.4 is 4.74 Å². The molecule has 0 unspecified atom stereocenters. The molecule has 2 aromatic carbocycles. The summed E-state index contributed by atoms with van der Waals surface area (Å²) in [7, 11) is -3.12. The summed E-state index contributed by atoms with van der Waals surface area (Å²) >= 11 is 0. The topological polar surface area (TPSA) is 87.2 Å². The van der Waals surface area contributed by atoms with Crippen LogP contribution >= 0.6 is 0 Å². The molecule has 0 saturated carbocycles. The summed E-state index contributed by atoms with van der Waals surface area (Å²) in [6.45, 7) is 0.904. The molecule has 0 radical (unpaired) electrons. The second kappa shape index (κ2) is 12.0. The van der Waals surface area contributed by atoms with Crippen molar-refractivity contribution in [1.29, 1.82) is 0 Å². The fourth-order valence-electron chi connectivity index (χ4n) is 3.73. The molecule has 0 atom stereocenters. The molecule has 0 bridgehead atoms. The van der Waals surface area contributed by atoms with E-state index in [1.165, 1.54) is 48.4 Å². The third-order valence-electron chi connectivity index (χ3n) is 5.58. The highest BCUT2D eigenvalue weighted by Crippen LogP contribution is 2.18. The van der Waals surface area contributed by atoms with E-state index in [1.807, 2.05) is 35.0 Å². The number of nitrogens with zero attached hydrogens (tertiary/aromatic N) is 3.